The quantitative estimate of drug-likeness (QED) is 0.135. The fraction of sp³-hybridized carbons (Fsp3) is 0.870. The monoisotopic (exact) mass is 352 g/mol. The normalized spacial score (nSPS) is 11.3. The first-order chi connectivity index (χ1) is 12.3. The first kappa shape index (κ1) is 24.2. The van der Waals surface area contributed by atoms with Crippen molar-refractivity contribution in [1.82, 2.24) is 0 Å². The van der Waals surface area contributed by atoms with Gasteiger partial charge < -0.3 is 4.74 Å². The summed E-state index contributed by atoms with van der Waals surface area (Å²) in [6.07, 6.45) is 25.9. The zero-order valence-corrected chi connectivity index (χ0v) is 17.2. The average molecular weight is 353 g/mol. The number of carbonyl (C=O) groups is 1. The lowest BCUT2D eigenvalue weighted by atomic mass is 10.1. The summed E-state index contributed by atoms with van der Waals surface area (Å²) in [5, 5.41) is 0. The average Bonchev–Trinajstić information content (AvgIpc) is 2.62. The number of esters is 1. The van der Waals surface area contributed by atoms with Gasteiger partial charge in [0.25, 0.3) is 0 Å². The Bertz CT molecular complexity index is 296. The molecular weight excluding hydrogens is 308 g/mol. The molecule has 0 aromatic heterocycles. The lowest BCUT2D eigenvalue weighted by molar-refractivity contribution is -0.143. The smallest absolute Gasteiger partial charge is 0.305 e. The molecule has 2 nitrogen and oxygen atoms in total. The minimum absolute atomic E-state index is 0.0225. The Morgan fingerprint density at radius 3 is 1.64 bits per heavy atom. The van der Waals surface area contributed by atoms with Crippen molar-refractivity contribution < 1.29 is 9.53 Å². The lowest BCUT2D eigenvalue weighted by Gasteiger charge is -2.03. The summed E-state index contributed by atoms with van der Waals surface area (Å²) in [6.45, 7) is 4.88. The van der Waals surface area contributed by atoms with Gasteiger partial charge in [0.05, 0.1) is 6.61 Å². The third-order valence-electron chi connectivity index (χ3n) is 4.61. The van der Waals surface area contributed by atoms with Gasteiger partial charge in [-0.25, -0.2) is 0 Å². The second-order valence-electron chi connectivity index (χ2n) is 7.26. The van der Waals surface area contributed by atoms with Gasteiger partial charge in [-0.2, -0.15) is 0 Å². The predicted octanol–water partition coefficient (Wildman–Crippen LogP) is 7.76. The molecule has 0 aliphatic carbocycles. The molecule has 0 N–H and O–H groups in total. The molecule has 0 aromatic rings. The highest BCUT2D eigenvalue weighted by molar-refractivity contribution is 5.69. The molecule has 148 valence electrons. The van der Waals surface area contributed by atoms with Crippen LogP contribution in [0.15, 0.2) is 12.2 Å². The Morgan fingerprint density at radius 1 is 0.640 bits per heavy atom. The van der Waals surface area contributed by atoms with Crippen LogP contribution in [0.1, 0.15) is 123 Å². The van der Waals surface area contributed by atoms with Crippen LogP contribution in [0.3, 0.4) is 0 Å². The van der Waals surface area contributed by atoms with E-state index in [1.165, 1.54) is 83.5 Å². The van der Waals surface area contributed by atoms with Crippen LogP contribution in [0.5, 0.6) is 0 Å². The minimum Gasteiger partial charge on any atom is -0.466 e. The van der Waals surface area contributed by atoms with Crippen molar-refractivity contribution in [3.63, 3.8) is 0 Å². The summed E-state index contributed by atoms with van der Waals surface area (Å²) in [5.41, 5.74) is 0. The van der Waals surface area contributed by atoms with E-state index in [2.05, 4.69) is 19.1 Å². The Labute approximate surface area is 157 Å². The number of carbonyl (C=O) groups excluding carboxylic acids is 1. The number of allylic oxidation sites excluding steroid dienone is 2. The van der Waals surface area contributed by atoms with Crippen molar-refractivity contribution >= 4 is 5.97 Å². The zero-order valence-electron chi connectivity index (χ0n) is 17.2. The minimum atomic E-state index is -0.0225. The van der Waals surface area contributed by atoms with Crippen LogP contribution in [0, 0.1) is 0 Å². The number of hydrogen-bond donors (Lipinski definition) is 0. The van der Waals surface area contributed by atoms with Gasteiger partial charge in [0.2, 0.25) is 0 Å². The molecule has 0 spiro atoms. The maximum Gasteiger partial charge on any atom is 0.305 e. The third-order valence-corrected chi connectivity index (χ3v) is 4.61. The molecule has 25 heavy (non-hydrogen) atoms. The maximum atomic E-state index is 11.3. The summed E-state index contributed by atoms with van der Waals surface area (Å²) in [6, 6.07) is 0. The van der Waals surface area contributed by atoms with Gasteiger partial charge in [-0.05, 0) is 38.5 Å². The third kappa shape index (κ3) is 21.2. The summed E-state index contributed by atoms with van der Waals surface area (Å²) >= 11 is 0. The fourth-order valence-corrected chi connectivity index (χ4v) is 2.98. The van der Waals surface area contributed by atoms with Gasteiger partial charge in [-0.3, -0.25) is 4.79 Å². The highest BCUT2D eigenvalue weighted by atomic mass is 16.5. The van der Waals surface area contributed by atoms with E-state index in [0.717, 1.165) is 19.3 Å². The predicted molar refractivity (Wildman–Crippen MR) is 110 cm³/mol. The van der Waals surface area contributed by atoms with E-state index in [-0.39, 0.29) is 5.97 Å². The Balaban J connectivity index is 3.14. The van der Waals surface area contributed by atoms with E-state index in [1.54, 1.807) is 0 Å². The molecule has 0 amide bonds. The Hall–Kier alpha value is -0.790. The van der Waals surface area contributed by atoms with E-state index < -0.39 is 0 Å². The molecule has 0 rings (SSSR count). The van der Waals surface area contributed by atoms with Crippen molar-refractivity contribution in [3.8, 4) is 0 Å². The van der Waals surface area contributed by atoms with Crippen LogP contribution in [-0.2, 0) is 9.53 Å². The van der Waals surface area contributed by atoms with Crippen LogP contribution < -0.4 is 0 Å². The van der Waals surface area contributed by atoms with E-state index >= 15 is 0 Å². The van der Waals surface area contributed by atoms with E-state index in [9.17, 15) is 4.79 Å². The highest BCUT2D eigenvalue weighted by Gasteiger charge is 2.01. The molecule has 0 bridgehead atoms. The standard InChI is InChI=1S/C23H44O2/c1-3-5-6-7-8-9-10-11-12-13-14-15-16-17-18-19-20-21-23(24)25-22-4-2/h13-14H,3-12,15-22H2,1-2H3/b14-13+. The molecule has 0 aliphatic heterocycles. The van der Waals surface area contributed by atoms with Crippen molar-refractivity contribution in [2.45, 2.75) is 123 Å². The van der Waals surface area contributed by atoms with E-state index in [4.69, 9.17) is 4.74 Å². The molecule has 0 heterocycles. The fourth-order valence-electron chi connectivity index (χ4n) is 2.98. The number of unbranched alkanes of at least 4 members (excludes halogenated alkanes) is 13. The molecule has 0 aliphatic rings. The second-order valence-corrected chi connectivity index (χ2v) is 7.26. The van der Waals surface area contributed by atoms with Gasteiger partial charge >= 0.3 is 5.97 Å². The van der Waals surface area contributed by atoms with Gasteiger partial charge in [-0.1, -0.05) is 90.2 Å². The SMILES string of the molecule is CCCCCCCCCC/C=C/CCCCCCCC(=O)OCCC. The Morgan fingerprint density at radius 2 is 1.12 bits per heavy atom. The molecule has 0 radical (unpaired) electrons. The molecule has 0 atom stereocenters. The van der Waals surface area contributed by atoms with Crippen LogP contribution >= 0.6 is 0 Å². The lowest BCUT2D eigenvalue weighted by Crippen LogP contribution is -2.04. The van der Waals surface area contributed by atoms with E-state index in [0.29, 0.717) is 13.0 Å². The van der Waals surface area contributed by atoms with Crippen molar-refractivity contribution in [1.29, 1.82) is 0 Å². The van der Waals surface area contributed by atoms with Crippen molar-refractivity contribution in [2.24, 2.45) is 0 Å². The van der Waals surface area contributed by atoms with Crippen LogP contribution in [0.25, 0.3) is 0 Å². The van der Waals surface area contributed by atoms with Crippen LogP contribution in [0.4, 0.5) is 0 Å². The van der Waals surface area contributed by atoms with Crippen molar-refractivity contribution in [2.75, 3.05) is 6.61 Å². The molecule has 2 heteroatoms. The highest BCUT2D eigenvalue weighted by Crippen LogP contribution is 2.11. The first-order valence-corrected chi connectivity index (χ1v) is 11.1. The second kappa shape index (κ2) is 21.3. The Kier molecular flexibility index (Phi) is 20.6. The molecule has 0 unspecified atom stereocenters. The number of hydrogen-bond acceptors (Lipinski definition) is 2. The van der Waals surface area contributed by atoms with Gasteiger partial charge in [0.1, 0.15) is 0 Å². The summed E-state index contributed by atoms with van der Waals surface area (Å²) < 4.78 is 5.07. The van der Waals surface area contributed by atoms with Crippen molar-refractivity contribution in [3.05, 3.63) is 12.2 Å². The molecular formula is C23H44O2. The molecule has 0 saturated carbocycles. The molecule has 0 aromatic carbocycles. The largest absolute Gasteiger partial charge is 0.466 e. The molecule has 0 saturated heterocycles. The van der Waals surface area contributed by atoms with E-state index in [1.807, 2.05) is 6.92 Å². The maximum absolute atomic E-state index is 11.3. The summed E-state index contributed by atoms with van der Waals surface area (Å²) in [7, 11) is 0. The van der Waals surface area contributed by atoms with Crippen LogP contribution in [0.2, 0.25) is 0 Å². The molecule has 0 fully saturated rings. The number of ether oxygens (including phenoxy) is 1. The van der Waals surface area contributed by atoms with Gasteiger partial charge in [-0.15, -0.1) is 0 Å². The summed E-state index contributed by atoms with van der Waals surface area (Å²) in [5.74, 6) is -0.0225. The topological polar surface area (TPSA) is 26.3 Å². The van der Waals surface area contributed by atoms with Crippen LogP contribution in [-0.4, -0.2) is 12.6 Å². The zero-order chi connectivity index (χ0) is 18.4. The summed E-state index contributed by atoms with van der Waals surface area (Å²) in [4.78, 5) is 11.3. The van der Waals surface area contributed by atoms with Gasteiger partial charge in [0.15, 0.2) is 0 Å². The van der Waals surface area contributed by atoms with Gasteiger partial charge in [0, 0.05) is 6.42 Å². The number of rotatable bonds is 19. The first-order valence-electron chi connectivity index (χ1n) is 11.1.